The van der Waals surface area contributed by atoms with Gasteiger partial charge in [-0.1, -0.05) is 116 Å². The Morgan fingerprint density at radius 3 is 2.19 bits per heavy atom. The number of fused-ring (bicyclic) bond motifs is 7. The summed E-state index contributed by atoms with van der Waals surface area (Å²) in [5.41, 5.74) is 16.7. The van der Waals surface area contributed by atoms with Crippen molar-refractivity contribution in [1.29, 1.82) is 0 Å². The first-order chi connectivity index (χ1) is 28.4. The second-order valence-corrected chi connectivity index (χ2v) is 18.6. The molecule has 2 atom stereocenters. The summed E-state index contributed by atoms with van der Waals surface area (Å²) >= 11 is 0. The lowest BCUT2D eigenvalue weighted by Gasteiger charge is -2.48. The minimum atomic E-state index is -0.127. The van der Waals surface area contributed by atoms with Crippen molar-refractivity contribution < 1.29 is 13.6 Å². The topological polar surface area (TPSA) is 25.8 Å². The lowest BCUT2D eigenvalue weighted by molar-refractivity contribution is -0.770. The maximum absolute atomic E-state index is 7.00. The summed E-state index contributed by atoms with van der Waals surface area (Å²) in [6.45, 7) is 23.5. The molecule has 4 heteroatoms. The summed E-state index contributed by atoms with van der Waals surface area (Å²) in [6, 6.07) is 30.2. The van der Waals surface area contributed by atoms with Crippen LogP contribution in [0, 0.1) is 13.8 Å². The highest BCUT2D eigenvalue weighted by molar-refractivity contribution is 6.10. The average molecular weight is 786 g/mol. The second kappa shape index (κ2) is 15.9. The zero-order valence-electron chi connectivity index (χ0n) is 37.8. The van der Waals surface area contributed by atoms with E-state index in [1.165, 1.54) is 90.9 Å². The molecule has 1 aliphatic heterocycles. The van der Waals surface area contributed by atoms with E-state index in [0.29, 0.717) is 11.8 Å². The third-order valence-corrected chi connectivity index (χ3v) is 14.6. The minimum absolute atomic E-state index is 0.121. The highest BCUT2D eigenvalue weighted by atomic mass is 16.3. The van der Waals surface area contributed by atoms with Gasteiger partial charge in [0, 0.05) is 46.4 Å². The van der Waals surface area contributed by atoms with Crippen LogP contribution in [-0.2, 0) is 30.8 Å². The lowest BCUT2D eigenvalue weighted by atomic mass is 9.58. The van der Waals surface area contributed by atoms with E-state index in [4.69, 9.17) is 4.42 Å². The maximum Gasteiger partial charge on any atom is 0.294 e. The molecule has 4 aromatic carbocycles. The van der Waals surface area contributed by atoms with E-state index in [-0.39, 0.29) is 11.0 Å². The Morgan fingerprint density at radius 1 is 0.763 bits per heavy atom. The summed E-state index contributed by atoms with van der Waals surface area (Å²) in [7, 11) is 2.20. The maximum atomic E-state index is 7.00. The van der Waals surface area contributed by atoms with Crippen molar-refractivity contribution in [2.24, 2.45) is 7.05 Å². The van der Waals surface area contributed by atoms with Gasteiger partial charge in [0.05, 0.1) is 23.6 Å². The first kappa shape index (κ1) is 40.8. The van der Waals surface area contributed by atoms with Gasteiger partial charge in [-0.25, -0.2) is 4.57 Å². The van der Waals surface area contributed by atoms with Gasteiger partial charge in [0.15, 0.2) is 11.7 Å². The van der Waals surface area contributed by atoms with E-state index in [9.17, 15) is 0 Å². The number of rotatable bonds is 13. The number of unbranched alkanes of at least 4 members (excludes halogenated alkanes) is 1. The summed E-state index contributed by atoms with van der Waals surface area (Å²) in [5.74, 6) is 2.07. The number of nitrogens with zero attached hydrogens (tertiary/aromatic N) is 3. The molecular weight excluding hydrogens is 719 g/mol. The molecule has 1 aliphatic rings. The van der Waals surface area contributed by atoms with Gasteiger partial charge in [0.25, 0.3) is 5.82 Å². The molecular formula is C55H67N3O+2. The van der Waals surface area contributed by atoms with E-state index in [2.05, 4.69) is 187 Å². The Kier molecular flexibility index (Phi) is 11.0. The first-order valence-corrected chi connectivity index (χ1v) is 22.7. The van der Waals surface area contributed by atoms with E-state index in [1.807, 2.05) is 0 Å². The van der Waals surface area contributed by atoms with Crippen molar-refractivity contribution >= 4 is 21.9 Å². The van der Waals surface area contributed by atoms with Crippen molar-refractivity contribution in [2.45, 2.75) is 143 Å². The SMILES string of the molecule is CCCCc1ccc2c(c1)oc1c3c(ccc12)C(C)(CC)C(CC)(CCCc1ccccc1-c1n(-c2c(C(C)C)cccc2C(C)C)cc[n+]1C)[n+]1cc(C)c(C)cc1-3. The first-order valence-electron chi connectivity index (χ1n) is 22.7. The summed E-state index contributed by atoms with van der Waals surface area (Å²) in [6.07, 6.45) is 15.7. The largest absolute Gasteiger partial charge is 0.455 e. The third-order valence-electron chi connectivity index (χ3n) is 14.6. The van der Waals surface area contributed by atoms with Crippen molar-refractivity contribution in [3.63, 3.8) is 0 Å². The van der Waals surface area contributed by atoms with E-state index in [0.717, 1.165) is 49.7 Å². The minimum Gasteiger partial charge on any atom is -0.455 e. The quantitative estimate of drug-likeness (QED) is 0.107. The molecule has 0 N–H and O–H groups in total. The van der Waals surface area contributed by atoms with Crippen LogP contribution in [0.4, 0.5) is 0 Å². The van der Waals surface area contributed by atoms with Crippen LogP contribution >= 0.6 is 0 Å². The van der Waals surface area contributed by atoms with Crippen LogP contribution in [0.25, 0.3) is 50.3 Å². The molecule has 3 aromatic heterocycles. The summed E-state index contributed by atoms with van der Waals surface area (Å²) in [5, 5.41) is 2.44. The van der Waals surface area contributed by atoms with Crippen LogP contribution in [0.2, 0.25) is 0 Å². The normalized spacial score (nSPS) is 17.7. The highest BCUT2D eigenvalue weighted by Crippen LogP contribution is 2.54. The molecule has 8 rings (SSSR count). The van der Waals surface area contributed by atoms with Crippen LogP contribution in [0.5, 0.6) is 0 Å². The summed E-state index contributed by atoms with van der Waals surface area (Å²) < 4.78 is 14.5. The van der Waals surface area contributed by atoms with Gasteiger partial charge in [-0.05, 0) is 99.1 Å². The number of hydrogen-bond donors (Lipinski definition) is 0. The van der Waals surface area contributed by atoms with Gasteiger partial charge in [0.1, 0.15) is 29.2 Å². The summed E-state index contributed by atoms with van der Waals surface area (Å²) in [4.78, 5) is 0. The highest BCUT2D eigenvalue weighted by Gasteiger charge is 2.59. The number of furan rings is 1. The predicted molar refractivity (Wildman–Crippen MR) is 247 cm³/mol. The van der Waals surface area contributed by atoms with Crippen LogP contribution in [-0.4, -0.2) is 4.57 Å². The van der Waals surface area contributed by atoms with Gasteiger partial charge in [-0.3, -0.25) is 0 Å². The number of aromatic nitrogens is 3. The van der Waals surface area contributed by atoms with Gasteiger partial charge in [-0.15, -0.1) is 0 Å². The molecule has 4 nitrogen and oxygen atoms in total. The van der Waals surface area contributed by atoms with Crippen molar-refractivity contribution in [3.05, 3.63) is 136 Å². The number of para-hydroxylation sites is 1. The van der Waals surface area contributed by atoms with Gasteiger partial charge >= 0.3 is 0 Å². The molecule has 0 saturated carbocycles. The number of hydrogen-bond acceptors (Lipinski definition) is 1. The van der Waals surface area contributed by atoms with E-state index >= 15 is 0 Å². The average Bonchev–Trinajstić information content (AvgIpc) is 3.81. The standard InChI is InChI=1S/C55H67N3O/c1-12-15-20-40-26-27-45-46-28-29-47-50(52(46)59-49(45)34-40)48-33-38(8)39(9)35-58(48)55(14-3,54(47,10)13-2)30-19-22-41-21-16-17-23-44(41)53-56(11)31-32-57(53)51-42(36(4)5)24-18-25-43(51)37(6)7/h16-18,21,23-29,31-37H,12-15,19-20,22,30H2,1-11H3/q+2. The van der Waals surface area contributed by atoms with Gasteiger partial charge in [-0.2, -0.15) is 9.13 Å². The predicted octanol–water partition coefficient (Wildman–Crippen LogP) is 13.8. The second-order valence-electron chi connectivity index (χ2n) is 18.6. The zero-order valence-corrected chi connectivity index (χ0v) is 37.8. The molecule has 306 valence electrons. The molecule has 0 saturated heterocycles. The van der Waals surface area contributed by atoms with E-state index in [1.54, 1.807) is 0 Å². The van der Waals surface area contributed by atoms with Gasteiger partial charge < -0.3 is 4.42 Å². The Hall–Kier alpha value is -4.96. The van der Waals surface area contributed by atoms with Crippen LogP contribution in [0.1, 0.15) is 145 Å². The van der Waals surface area contributed by atoms with Crippen LogP contribution in [0.3, 0.4) is 0 Å². The number of benzene rings is 4. The van der Waals surface area contributed by atoms with Crippen molar-refractivity contribution in [2.75, 3.05) is 0 Å². The molecule has 59 heavy (non-hydrogen) atoms. The lowest BCUT2D eigenvalue weighted by Crippen LogP contribution is -2.69. The fourth-order valence-corrected chi connectivity index (χ4v) is 10.9. The van der Waals surface area contributed by atoms with Crippen molar-refractivity contribution in [3.8, 4) is 28.3 Å². The molecule has 0 bridgehead atoms. The van der Waals surface area contributed by atoms with Gasteiger partial charge in [0.2, 0.25) is 5.69 Å². The molecule has 0 spiro atoms. The molecule has 2 unspecified atom stereocenters. The van der Waals surface area contributed by atoms with Crippen LogP contribution in [0.15, 0.2) is 102 Å². The molecule has 0 radical (unpaired) electrons. The molecule has 0 aliphatic carbocycles. The molecule has 7 aromatic rings. The monoisotopic (exact) mass is 786 g/mol. The van der Waals surface area contributed by atoms with E-state index < -0.39 is 0 Å². The fourth-order valence-electron chi connectivity index (χ4n) is 10.9. The molecule has 0 amide bonds. The van der Waals surface area contributed by atoms with Crippen LogP contribution < -0.4 is 9.13 Å². The number of aryl methyl sites for hydroxylation is 5. The Morgan fingerprint density at radius 2 is 1.49 bits per heavy atom. The Balaban J connectivity index is 1.22. The molecule has 0 fully saturated rings. The number of imidazole rings is 1. The Labute approximate surface area is 353 Å². The third kappa shape index (κ3) is 6.57. The fraction of sp³-hybridized carbons (Fsp3) is 0.418. The molecule has 4 heterocycles. The van der Waals surface area contributed by atoms with Crippen molar-refractivity contribution in [1.82, 2.24) is 4.57 Å². The smallest absolute Gasteiger partial charge is 0.294 e. The zero-order chi connectivity index (χ0) is 41.8. The number of pyridine rings is 1. The Bertz CT molecular complexity index is 2650.